The van der Waals surface area contributed by atoms with Crippen molar-refractivity contribution in [2.45, 2.75) is 6.54 Å². The molecule has 0 atom stereocenters. The Morgan fingerprint density at radius 2 is 1.72 bits per heavy atom. The van der Waals surface area contributed by atoms with Crippen LogP contribution in [0.2, 0.25) is 0 Å². The zero-order chi connectivity index (χ0) is 21.7. The van der Waals surface area contributed by atoms with E-state index in [4.69, 9.17) is 0 Å². The van der Waals surface area contributed by atoms with Crippen LogP contribution < -0.4 is 10.1 Å². The number of fused-ring (bicyclic) bond motifs is 4. The van der Waals surface area contributed by atoms with Crippen molar-refractivity contribution in [2.75, 3.05) is 0 Å². The third-order valence-electron chi connectivity index (χ3n) is 5.73. The molecule has 0 aliphatic carbocycles. The zero-order valence-corrected chi connectivity index (χ0v) is 17.7. The lowest BCUT2D eigenvalue weighted by molar-refractivity contribution is 0.833. The van der Waals surface area contributed by atoms with E-state index in [1.807, 2.05) is 66.7 Å². The summed E-state index contributed by atoms with van der Waals surface area (Å²) < 4.78 is 4.47. The summed E-state index contributed by atoms with van der Waals surface area (Å²) in [6, 6.07) is 25.7. The highest BCUT2D eigenvalue weighted by atomic mass is 32.1. The number of hydrogen-bond donors (Lipinski definition) is 0. The molecule has 3 aromatic carbocycles. The summed E-state index contributed by atoms with van der Waals surface area (Å²) in [6.07, 6.45) is 4.00. The molecule has 0 N–H and O–H groups in total. The second-order valence-corrected chi connectivity index (χ2v) is 8.64. The average molecular weight is 433 g/mol. The molecule has 0 saturated heterocycles. The number of thiazole rings is 1. The number of para-hydroxylation sites is 3. The number of imidazole rings is 1. The normalized spacial score (nSPS) is 12.2. The van der Waals surface area contributed by atoms with Gasteiger partial charge in [-0.25, -0.2) is 9.38 Å². The van der Waals surface area contributed by atoms with E-state index in [2.05, 4.69) is 33.9 Å². The molecule has 0 aliphatic rings. The molecule has 152 valence electrons. The summed E-state index contributed by atoms with van der Waals surface area (Å²) >= 11 is 1.40. The molecule has 0 unspecified atom stereocenters. The lowest BCUT2D eigenvalue weighted by Crippen LogP contribution is -2.22. The van der Waals surface area contributed by atoms with E-state index >= 15 is 0 Å². The molecule has 3 aromatic heterocycles. The van der Waals surface area contributed by atoms with Gasteiger partial charge in [0.05, 0.1) is 27.2 Å². The van der Waals surface area contributed by atoms with Crippen molar-refractivity contribution in [3.8, 4) is 6.07 Å². The molecule has 0 amide bonds. The first-order valence-electron chi connectivity index (χ1n) is 10.2. The van der Waals surface area contributed by atoms with Gasteiger partial charge in [-0.15, -0.1) is 0 Å². The first-order chi connectivity index (χ1) is 15.7. The van der Waals surface area contributed by atoms with Crippen LogP contribution in [0.3, 0.4) is 0 Å². The summed E-state index contributed by atoms with van der Waals surface area (Å²) in [5.41, 5.74) is 5.28. The SMILES string of the molecule is N#Cc1ccccc1Cn1cc(C=c2sc3nc4ccccc4n3c2=O)c2ccccc21. The molecule has 0 bridgehead atoms. The van der Waals surface area contributed by atoms with E-state index in [1.54, 1.807) is 4.40 Å². The fraction of sp³-hybridized carbons (Fsp3) is 0.0385. The summed E-state index contributed by atoms with van der Waals surface area (Å²) in [5.74, 6) is 0. The Hall–Kier alpha value is -4.21. The third-order valence-corrected chi connectivity index (χ3v) is 6.70. The number of hydrogen-bond acceptors (Lipinski definition) is 4. The number of rotatable bonds is 3. The molecule has 0 fully saturated rings. The van der Waals surface area contributed by atoms with Crippen molar-refractivity contribution in [2.24, 2.45) is 0 Å². The molecule has 0 spiro atoms. The maximum atomic E-state index is 13.2. The standard InChI is InChI=1S/C26H16N4OS/c27-14-17-7-1-2-8-18(17)15-29-16-19(20-9-3-5-11-22(20)29)13-24-25(31)30-23-12-6-4-10-21(23)28-26(30)32-24/h1-13,16H,15H2. The van der Waals surface area contributed by atoms with Gasteiger partial charge in [-0.05, 0) is 35.9 Å². The molecule has 0 aliphatic heterocycles. The van der Waals surface area contributed by atoms with Crippen LogP contribution in [0.4, 0.5) is 0 Å². The van der Waals surface area contributed by atoms with Crippen LogP contribution >= 0.6 is 11.3 Å². The first kappa shape index (κ1) is 18.6. The Balaban J connectivity index is 1.53. The van der Waals surface area contributed by atoms with Gasteiger partial charge in [0.1, 0.15) is 0 Å². The molecule has 6 aromatic rings. The maximum absolute atomic E-state index is 13.2. The minimum absolute atomic E-state index is 0.0506. The van der Waals surface area contributed by atoms with Gasteiger partial charge >= 0.3 is 0 Å². The van der Waals surface area contributed by atoms with E-state index in [0.29, 0.717) is 21.6 Å². The van der Waals surface area contributed by atoms with Gasteiger partial charge in [-0.1, -0.05) is 59.9 Å². The fourth-order valence-corrected chi connectivity index (χ4v) is 5.20. The van der Waals surface area contributed by atoms with Crippen molar-refractivity contribution in [1.82, 2.24) is 14.0 Å². The fourth-order valence-electron chi connectivity index (χ4n) is 4.23. The second kappa shape index (κ2) is 7.19. The minimum Gasteiger partial charge on any atom is -0.342 e. The molecular weight excluding hydrogens is 416 g/mol. The number of aromatic nitrogens is 3. The Labute approximate surface area is 186 Å². The number of nitriles is 1. The van der Waals surface area contributed by atoms with Crippen molar-refractivity contribution < 1.29 is 0 Å². The van der Waals surface area contributed by atoms with E-state index in [9.17, 15) is 10.1 Å². The smallest absolute Gasteiger partial charge is 0.274 e. The third kappa shape index (κ3) is 2.83. The van der Waals surface area contributed by atoms with Gasteiger partial charge in [-0.2, -0.15) is 5.26 Å². The van der Waals surface area contributed by atoms with Crippen molar-refractivity contribution in [1.29, 1.82) is 5.26 Å². The lowest BCUT2D eigenvalue weighted by Gasteiger charge is -2.07. The predicted molar refractivity (Wildman–Crippen MR) is 128 cm³/mol. The van der Waals surface area contributed by atoms with Crippen LogP contribution in [0.1, 0.15) is 16.7 Å². The monoisotopic (exact) mass is 432 g/mol. The Bertz CT molecular complexity index is 1800. The van der Waals surface area contributed by atoms with Crippen LogP contribution in [0.5, 0.6) is 0 Å². The molecule has 0 radical (unpaired) electrons. The van der Waals surface area contributed by atoms with Gasteiger partial charge in [0.2, 0.25) is 0 Å². The highest BCUT2D eigenvalue weighted by Crippen LogP contribution is 2.24. The van der Waals surface area contributed by atoms with Gasteiger partial charge < -0.3 is 4.57 Å². The Morgan fingerprint density at radius 3 is 2.59 bits per heavy atom. The van der Waals surface area contributed by atoms with Crippen molar-refractivity contribution in [3.05, 3.63) is 111 Å². The van der Waals surface area contributed by atoms with Crippen LogP contribution in [0.15, 0.2) is 83.8 Å². The van der Waals surface area contributed by atoms with Crippen LogP contribution in [0, 0.1) is 11.3 Å². The lowest BCUT2D eigenvalue weighted by atomic mass is 10.1. The van der Waals surface area contributed by atoms with E-state index in [0.717, 1.165) is 33.1 Å². The number of nitrogens with zero attached hydrogens (tertiary/aromatic N) is 4. The molecule has 5 nitrogen and oxygen atoms in total. The second-order valence-electron chi connectivity index (χ2n) is 7.63. The van der Waals surface area contributed by atoms with E-state index in [1.165, 1.54) is 11.3 Å². The summed E-state index contributed by atoms with van der Waals surface area (Å²) in [7, 11) is 0. The zero-order valence-electron chi connectivity index (χ0n) is 16.9. The molecule has 0 saturated carbocycles. The molecular formula is C26H16N4OS. The molecule has 6 rings (SSSR count). The highest BCUT2D eigenvalue weighted by molar-refractivity contribution is 7.15. The quantitative estimate of drug-likeness (QED) is 0.418. The van der Waals surface area contributed by atoms with Gasteiger partial charge in [-0.3, -0.25) is 4.79 Å². The predicted octanol–water partition coefficient (Wildman–Crippen LogP) is 4.33. The summed E-state index contributed by atoms with van der Waals surface area (Å²) in [4.78, 5) is 18.5. The Kier molecular flexibility index (Phi) is 4.17. The molecule has 32 heavy (non-hydrogen) atoms. The van der Waals surface area contributed by atoms with E-state index < -0.39 is 0 Å². The van der Waals surface area contributed by atoms with Crippen molar-refractivity contribution >= 4 is 44.3 Å². The topological polar surface area (TPSA) is 63.1 Å². The first-order valence-corrected chi connectivity index (χ1v) is 11.0. The van der Waals surface area contributed by atoms with Gasteiger partial charge in [0.15, 0.2) is 4.96 Å². The highest BCUT2D eigenvalue weighted by Gasteiger charge is 2.13. The number of benzene rings is 3. The molecule has 6 heteroatoms. The maximum Gasteiger partial charge on any atom is 0.274 e. The van der Waals surface area contributed by atoms with E-state index in [-0.39, 0.29) is 5.56 Å². The average Bonchev–Trinajstić information content (AvgIpc) is 3.46. The summed E-state index contributed by atoms with van der Waals surface area (Å²) in [5, 5.41) is 10.5. The summed E-state index contributed by atoms with van der Waals surface area (Å²) in [6.45, 7) is 0.584. The minimum atomic E-state index is -0.0506. The Morgan fingerprint density at radius 1 is 0.969 bits per heavy atom. The van der Waals surface area contributed by atoms with Crippen molar-refractivity contribution in [3.63, 3.8) is 0 Å². The van der Waals surface area contributed by atoms with Crippen LogP contribution in [-0.2, 0) is 6.54 Å². The van der Waals surface area contributed by atoms with Crippen LogP contribution in [-0.4, -0.2) is 14.0 Å². The van der Waals surface area contributed by atoms with Gasteiger partial charge in [0.25, 0.3) is 5.56 Å². The largest absolute Gasteiger partial charge is 0.342 e. The van der Waals surface area contributed by atoms with Crippen LogP contribution in [0.25, 0.3) is 33.0 Å². The van der Waals surface area contributed by atoms with Gasteiger partial charge in [0, 0.05) is 29.2 Å². The molecule has 3 heterocycles.